The summed E-state index contributed by atoms with van der Waals surface area (Å²) in [7, 11) is -4.24. The molecule has 0 atom stereocenters. The molecule has 2 N–H and O–H groups in total. The van der Waals surface area contributed by atoms with Crippen LogP contribution in [0.4, 0.5) is 13.2 Å². The predicted molar refractivity (Wildman–Crippen MR) is 106 cm³/mol. The summed E-state index contributed by atoms with van der Waals surface area (Å²) in [5.74, 6) is 1.09. The first-order valence-electron chi connectivity index (χ1n) is 9.62. The number of nitrogens with zero attached hydrogens (tertiary/aromatic N) is 3. The van der Waals surface area contributed by atoms with Crippen LogP contribution in [0.1, 0.15) is 42.9 Å². The van der Waals surface area contributed by atoms with E-state index in [-0.39, 0.29) is 19.5 Å². The Kier molecular flexibility index (Phi) is 7.22. The zero-order chi connectivity index (χ0) is 22.6. The number of carbonyl (C=O) groups is 1. The first-order valence-corrected chi connectivity index (χ1v) is 11.5. The first-order chi connectivity index (χ1) is 14.6. The quantitative estimate of drug-likeness (QED) is 0.635. The minimum absolute atomic E-state index is 0.157. The highest BCUT2D eigenvalue weighted by atomic mass is 35.5. The van der Waals surface area contributed by atoms with E-state index in [4.69, 9.17) is 11.6 Å². The van der Waals surface area contributed by atoms with Crippen molar-refractivity contribution in [2.75, 3.05) is 6.54 Å². The van der Waals surface area contributed by atoms with Crippen molar-refractivity contribution in [2.24, 2.45) is 0 Å². The van der Waals surface area contributed by atoms with Gasteiger partial charge in [0.1, 0.15) is 5.82 Å². The molecule has 1 aromatic heterocycles. The summed E-state index contributed by atoms with van der Waals surface area (Å²) in [5, 5.41) is 10.3. The number of sulfonamides is 1. The third-order valence-corrected chi connectivity index (χ3v) is 6.62. The molecule has 0 bridgehead atoms. The Hall–Kier alpha value is -2.18. The molecule has 0 saturated heterocycles. The lowest BCUT2D eigenvalue weighted by Gasteiger charge is -2.12. The van der Waals surface area contributed by atoms with E-state index in [1.54, 1.807) is 0 Å². The summed E-state index contributed by atoms with van der Waals surface area (Å²) in [5.41, 5.74) is -1.25. The highest BCUT2D eigenvalue weighted by molar-refractivity contribution is 7.89. The van der Waals surface area contributed by atoms with Crippen LogP contribution < -0.4 is 10.0 Å². The van der Waals surface area contributed by atoms with Crippen molar-refractivity contribution in [3.05, 3.63) is 40.4 Å². The van der Waals surface area contributed by atoms with E-state index in [0.717, 1.165) is 50.2 Å². The van der Waals surface area contributed by atoms with Crippen LogP contribution in [-0.4, -0.2) is 35.6 Å². The van der Waals surface area contributed by atoms with Crippen LogP contribution in [0.15, 0.2) is 23.1 Å². The van der Waals surface area contributed by atoms with Gasteiger partial charge < -0.3 is 9.88 Å². The number of aromatic nitrogens is 3. The van der Waals surface area contributed by atoms with Gasteiger partial charge in [-0.15, -0.1) is 10.2 Å². The molecule has 1 amide bonds. The number of hydrogen-bond acceptors (Lipinski definition) is 5. The van der Waals surface area contributed by atoms with Crippen molar-refractivity contribution >= 4 is 27.5 Å². The van der Waals surface area contributed by atoms with Gasteiger partial charge in [-0.1, -0.05) is 18.0 Å². The summed E-state index contributed by atoms with van der Waals surface area (Å²) in [6, 6.07) is 2.30. The van der Waals surface area contributed by atoms with E-state index in [2.05, 4.69) is 20.2 Å². The van der Waals surface area contributed by atoms with E-state index in [1.165, 1.54) is 0 Å². The van der Waals surface area contributed by atoms with Gasteiger partial charge in [-0.2, -0.15) is 13.2 Å². The number of rotatable bonds is 7. The van der Waals surface area contributed by atoms with E-state index >= 15 is 0 Å². The standard InChI is InChI=1S/C18H21ClF3N5O3S/c19-14-6-5-12(10-13(14)18(20,21)22)31(29,30)24-8-7-17(28)23-11-16-26-25-15-4-2-1-3-9-27(15)16/h5-6,10,24H,1-4,7-9,11H2,(H,23,28). The van der Waals surface area contributed by atoms with Crippen LogP contribution in [0.3, 0.4) is 0 Å². The molecule has 0 aliphatic carbocycles. The third-order valence-electron chi connectivity index (χ3n) is 4.83. The molecule has 1 aliphatic heterocycles. The molecule has 3 rings (SSSR count). The van der Waals surface area contributed by atoms with Crippen LogP contribution in [-0.2, 0) is 40.5 Å². The molecule has 0 radical (unpaired) electrons. The van der Waals surface area contributed by atoms with Crippen molar-refractivity contribution in [3.8, 4) is 0 Å². The topological polar surface area (TPSA) is 106 Å². The van der Waals surface area contributed by atoms with E-state index in [9.17, 15) is 26.4 Å². The molecule has 2 aromatic rings. The van der Waals surface area contributed by atoms with Gasteiger partial charge in [0.25, 0.3) is 0 Å². The number of aryl methyl sites for hydroxylation is 1. The first kappa shape index (κ1) is 23.5. The van der Waals surface area contributed by atoms with Crippen LogP contribution in [0.2, 0.25) is 5.02 Å². The molecule has 0 unspecified atom stereocenters. The maximum absolute atomic E-state index is 12.9. The molecule has 0 fully saturated rings. The second-order valence-electron chi connectivity index (χ2n) is 7.06. The fourth-order valence-electron chi connectivity index (χ4n) is 3.21. The number of hydrogen-bond donors (Lipinski definition) is 2. The molecule has 2 heterocycles. The highest BCUT2D eigenvalue weighted by Gasteiger charge is 2.34. The van der Waals surface area contributed by atoms with Gasteiger partial charge in [0.15, 0.2) is 5.82 Å². The molecule has 13 heteroatoms. The van der Waals surface area contributed by atoms with Gasteiger partial charge in [0.2, 0.25) is 15.9 Å². The lowest BCUT2D eigenvalue weighted by Crippen LogP contribution is -2.31. The van der Waals surface area contributed by atoms with Crippen molar-refractivity contribution in [3.63, 3.8) is 0 Å². The maximum Gasteiger partial charge on any atom is 0.417 e. The van der Waals surface area contributed by atoms with Crippen LogP contribution in [0.25, 0.3) is 0 Å². The average Bonchev–Trinajstić information content (AvgIpc) is 2.91. The van der Waals surface area contributed by atoms with Crippen molar-refractivity contribution in [1.29, 1.82) is 0 Å². The Balaban J connectivity index is 1.53. The molecule has 0 spiro atoms. The molecule has 8 nitrogen and oxygen atoms in total. The summed E-state index contributed by atoms with van der Waals surface area (Å²) in [6.45, 7) is 0.662. The SMILES string of the molecule is O=C(CCNS(=O)(=O)c1ccc(Cl)c(C(F)(F)F)c1)NCc1nnc2n1CCCCC2. The number of carbonyl (C=O) groups excluding carboxylic acids is 1. The molecule has 1 aromatic carbocycles. The predicted octanol–water partition coefficient (Wildman–Crippen LogP) is 2.66. The molecular weight excluding hydrogens is 459 g/mol. The monoisotopic (exact) mass is 479 g/mol. The second kappa shape index (κ2) is 9.53. The van der Waals surface area contributed by atoms with E-state index in [0.29, 0.717) is 11.9 Å². The zero-order valence-electron chi connectivity index (χ0n) is 16.4. The smallest absolute Gasteiger partial charge is 0.349 e. The van der Waals surface area contributed by atoms with Crippen LogP contribution in [0, 0.1) is 0 Å². The Morgan fingerprint density at radius 3 is 2.71 bits per heavy atom. The van der Waals surface area contributed by atoms with Gasteiger partial charge in [-0.05, 0) is 31.0 Å². The Labute approximate surface area is 182 Å². The lowest BCUT2D eigenvalue weighted by atomic mass is 10.2. The highest BCUT2D eigenvalue weighted by Crippen LogP contribution is 2.35. The minimum atomic E-state index is -4.79. The summed E-state index contributed by atoms with van der Waals surface area (Å²) >= 11 is 5.51. The van der Waals surface area contributed by atoms with Gasteiger partial charge in [-0.3, -0.25) is 4.79 Å². The Morgan fingerprint density at radius 2 is 1.97 bits per heavy atom. The zero-order valence-corrected chi connectivity index (χ0v) is 17.9. The van der Waals surface area contributed by atoms with E-state index in [1.807, 2.05) is 4.57 Å². The molecular formula is C18H21ClF3N5O3S. The van der Waals surface area contributed by atoms with Gasteiger partial charge in [-0.25, -0.2) is 13.1 Å². The average molecular weight is 480 g/mol. The largest absolute Gasteiger partial charge is 0.417 e. The molecule has 1 aliphatic rings. The Morgan fingerprint density at radius 1 is 1.19 bits per heavy atom. The Bertz CT molecular complexity index is 1060. The lowest BCUT2D eigenvalue weighted by molar-refractivity contribution is -0.137. The number of halogens is 4. The summed E-state index contributed by atoms with van der Waals surface area (Å²) in [4.78, 5) is 11.5. The fourth-order valence-corrected chi connectivity index (χ4v) is 4.50. The van der Waals surface area contributed by atoms with Crippen molar-refractivity contribution < 1.29 is 26.4 Å². The van der Waals surface area contributed by atoms with Gasteiger partial charge in [0.05, 0.1) is 22.0 Å². The van der Waals surface area contributed by atoms with Gasteiger partial charge >= 0.3 is 6.18 Å². The molecule has 31 heavy (non-hydrogen) atoms. The van der Waals surface area contributed by atoms with E-state index < -0.39 is 37.6 Å². The van der Waals surface area contributed by atoms with Crippen LogP contribution in [0.5, 0.6) is 0 Å². The second-order valence-corrected chi connectivity index (χ2v) is 9.23. The van der Waals surface area contributed by atoms with Crippen molar-refractivity contribution in [2.45, 2.75) is 56.3 Å². The summed E-state index contributed by atoms with van der Waals surface area (Å²) in [6.07, 6.45) is -0.990. The maximum atomic E-state index is 12.9. The van der Waals surface area contributed by atoms with Crippen molar-refractivity contribution in [1.82, 2.24) is 24.8 Å². The third kappa shape index (κ3) is 5.95. The van der Waals surface area contributed by atoms with Crippen LogP contribution >= 0.6 is 11.6 Å². The molecule has 170 valence electrons. The fraction of sp³-hybridized carbons (Fsp3) is 0.500. The normalized spacial score (nSPS) is 14.7. The summed E-state index contributed by atoms with van der Waals surface area (Å²) < 4.78 is 67.5. The number of nitrogens with one attached hydrogen (secondary N) is 2. The van der Waals surface area contributed by atoms with Gasteiger partial charge in [0, 0.05) is 25.9 Å². The molecule has 0 saturated carbocycles. The number of fused-ring (bicyclic) bond motifs is 1. The number of benzene rings is 1. The number of amides is 1. The minimum Gasteiger partial charge on any atom is -0.349 e. The number of alkyl halides is 3.